The minimum atomic E-state index is -4.91. The predicted molar refractivity (Wildman–Crippen MR) is 83.0 cm³/mol. The molecule has 2 rings (SSSR count). The Kier molecular flexibility index (Phi) is 5.41. The van der Waals surface area contributed by atoms with E-state index >= 15 is 0 Å². The van der Waals surface area contributed by atoms with Gasteiger partial charge in [0.15, 0.2) is 5.41 Å². The van der Waals surface area contributed by atoms with E-state index in [2.05, 4.69) is 0 Å². The molecule has 25 heavy (non-hydrogen) atoms. The van der Waals surface area contributed by atoms with Gasteiger partial charge in [-0.15, -0.1) is 0 Å². The van der Waals surface area contributed by atoms with Crippen molar-refractivity contribution in [2.45, 2.75) is 39.2 Å². The number of nitrogens with zero attached hydrogens (tertiary/aromatic N) is 1. The van der Waals surface area contributed by atoms with Crippen LogP contribution in [-0.4, -0.2) is 47.3 Å². The van der Waals surface area contributed by atoms with Crippen LogP contribution in [-0.2, 0) is 16.1 Å². The zero-order valence-electron chi connectivity index (χ0n) is 14.0. The Labute approximate surface area is 143 Å². The Morgan fingerprint density at radius 3 is 2.32 bits per heavy atom. The van der Waals surface area contributed by atoms with Gasteiger partial charge in [0.2, 0.25) is 0 Å². The van der Waals surface area contributed by atoms with E-state index in [9.17, 15) is 22.8 Å². The molecule has 1 aromatic rings. The van der Waals surface area contributed by atoms with Crippen molar-refractivity contribution in [3.63, 3.8) is 0 Å². The number of aliphatic carboxylic acids is 1. The zero-order valence-corrected chi connectivity index (χ0v) is 14.0. The second kappa shape index (κ2) is 7.03. The molecule has 0 saturated carbocycles. The van der Waals surface area contributed by atoms with Crippen LogP contribution in [0.1, 0.15) is 36.2 Å². The van der Waals surface area contributed by atoms with Crippen LogP contribution < -0.4 is 0 Å². The number of likely N-dealkylation sites (tertiary alicyclic amines) is 1. The van der Waals surface area contributed by atoms with Crippen molar-refractivity contribution in [1.29, 1.82) is 0 Å². The summed E-state index contributed by atoms with van der Waals surface area (Å²) in [6.45, 7) is 3.03. The van der Waals surface area contributed by atoms with Gasteiger partial charge in [0.05, 0.1) is 12.7 Å². The summed E-state index contributed by atoms with van der Waals surface area (Å²) in [7, 11) is 0. The largest absolute Gasteiger partial charge is 0.481 e. The summed E-state index contributed by atoms with van der Waals surface area (Å²) in [6.07, 6.45) is -5.50. The molecule has 5 nitrogen and oxygen atoms in total. The minimum absolute atomic E-state index is 0.0532. The van der Waals surface area contributed by atoms with Crippen LogP contribution in [0.5, 0.6) is 0 Å². The highest BCUT2D eigenvalue weighted by atomic mass is 19.4. The van der Waals surface area contributed by atoms with E-state index in [4.69, 9.17) is 9.84 Å². The minimum Gasteiger partial charge on any atom is -0.481 e. The van der Waals surface area contributed by atoms with Crippen molar-refractivity contribution < 1.29 is 32.6 Å². The first-order valence-corrected chi connectivity index (χ1v) is 7.87. The predicted octanol–water partition coefficient (Wildman–Crippen LogP) is 3.09. The van der Waals surface area contributed by atoms with Crippen LogP contribution >= 0.6 is 0 Å². The number of carboxylic acids is 1. The maximum absolute atomic E-state index is 13.2. The van der Waals surface area contributed by atoms with Crippen molar-refractivity contribution in [2.24, 2.45) is 5.41 Å². The molecule has 1 saturated heterocycles. The second-order valence-corrected chi connectivity index (χ2v) is 6.42. The number of carboxylic acid groups (broad SMARTS) is 1. The lowest BCUT2D eigenvalue weighted by molar-refractivity contribution is -0.227. The Bertz CT molecular complexity index is 642. The average molecular weight is 359 g/mol. The molecule has 0 aliphatic carbocycles. The van der Waals surface area contributed by atoms with Gasteiger partial charge in [0, 0.05) is 18.7 Å². The van der Waals surface area contributed by atoms with Crippen molar-refractivity contribution in [3.05, 3.63) is 35.4 Å². The Hall–Kier alpha value is -2.09. The van der Waals surface area contributed by atoms with E-state index in [1.807, 2.05) is 13.8 Å². The monoisotopic (exact) mass is 359 g/mol. The van der Waals surface area contributed by atoms with Gasteiger partial charge in [0.25, 0.3) is 5.91 Å². The van der Waals surface area contributed by atoms with Gasteiger partial charge in [-0.3, -0.25) is 9.59 Å². The van der Waals surface area contributed by atoms with Crippen molar-refractivity contribution in [3.8, 4) is 0 Å². The average Bonchev–Trinajstić information content (AvgIpc) is 2.99. The summed E-state index contributed by atoms with van der Waals surface area (Å²) < 4.78 is 45.0. The summed E-state index contributed by atoms with van der Waals surface area (Å²) >= 11 is 0. The molecule has 1 N–H and O–H groups in total. The molecule has 138 valence electrons. The highest BCUT2D eigenvalue weighted by molar-refractivity contribution is 5.95. The first-order valence-electron chi connectivity index (χ1n) is 7.87. The van der Waals surface area contributed by atoms with E-state index in [-0.39, 0.29) is 18.2 Å². The number of amides is 1. The number of alkyl halides is 3. The molecule has 8 heteroatoms. The highest BCUT2D eigenvalue weighted by Gasteiger charge is 2.64. The number of benzene rings is 1. The third-order valence-electron chi connectivity index (χ3n) is 4.29. The molecule has 1 atom stereocenters. The van der Waals surface area contributed by atoms with Crippen molar-refractivity contribution >= 4 is 11.9 Å². The molecule has 0 radical (unpaired) electrons. The molecule has 0 spiro atoms. The fourth-order valence-corrected chi connectivity index (χ4v) is 2.70. The Morgan fingerprint density at radius 2 is 1.88 bits per heavy atom. The molecular weight excluding hydrogens is 339 g/mol. The molecule has 0 aromatic heterocycles. The lowest BCUT2D eigenvalue weighted by Crippen LogP contribution is -2.47. The van der Waals surface area contributed by atoms with Gasteiger partial charge in [-0.05, 0) is 38.0 Å². The fourth-order valence-electron chi connectivity index (χ4n) is 2.70. The van der Waals surface area contributed by atoms with Crippen LogP contribution in [0, 0.1) is 5.41 Å². The number of carbonyl (C=O) groups is 2. The van der Waals surface area contributed by atoms with E-state index in [1.165, 1.54) is 12.1 Å². The lowest BCUT2D eigenvalue weighted by Gasteiger charge is -2.27. The van der Waals surface area contributed by atoms with Gasteiger partial charge < -0.3 is 14.7 Å². The standard InChI is InChI=1S/C17H20F3NO4/c1-11(2)25-9-12-3-5-13(6-4-12)14(22)21-8-7-16(10-21,15(23)24)17(18,19)20/h3-6,11H,7-10H2,1-2H3,(H,23,24). The Balaban J connectivity index is 2.10. The summed E-state index contributed by atoms with van der Waals surface area (Å²) in [5, 5.41) is 9.04. The molecule has 1 aliphatic rings. The van der Waals surface area contributed by atoms with Gasteiger partial charge in [0.1, 0.15) is 0 Å². The zero-order chi connectivity index (χ0) is 18.8. The van der Waals surface area contributed by atoms with E-state index in [0.717, 1.165) is 10.5 Å². The smallest absolute Gasteiger partial charge is 0.406 e. The van der Waals surface area contributed by atoms with Gasteiger partial charge in [-0.25, -0.2) is 0 Å². The number of halogens is 3. The SMILES string of the molecule is CC(C)OCc1ccc(C(=O)N2CCC(C(=O)O)(C(F)(F)F)C2)cc1. The topological polar surface area (TPSA) is 66.8 Å². The quantitative estimate of drug-likeness (QED) is 0.877. The number of carbonyl (C=O) groups excluding carboxylic acids is 1. The summed E-state index contributed by atoms with van der Waals surface area (Å²) in [4.78, 5) is 24.5. The number of ether oxygens (including phenoxy) is 1. The normalized spacial score (nSPS) is 21.0. The molecule has 1 aliphatic heterocycles. The second-order valence-electron chi connectivity index (χ2n) is 6.42. The number of rotatable bonds is 5. The highest BCUT2D eigenvalue weighted by Crippen LogP contribution is 2.45. The van der Waals surface area contributed by atoms with Crippen LogP contribution in [0.2, 0.25) is 0 Å². The Morgan fingerprint density at radius 1 is 1.28 bits per heavy atom. The first-order chi connectivity index (χ1) is 11.6. The van der Waals surface area contributed by atoms with Crippen LogP contribution in [0.25, 0.3) is 0 Å². The lowest BCUT2D eigenvalue weighted by atomic mass is 9.86. The summed E-state index contributed by atoms with van der Waals surface area (Å²) in [5.74, 6) is -2.56. The van der Waals surface area contributed by atoms with Gasteiger partial charge in [-0.1, -0.05) is 12.1 Å². The first kappa shape index (κ1) is 19.2. The molecule has 1 amide bonds. The maximum Gasteiger partial charge on any atom is 0.406 e. The molecule has 1 unspecified atom stereocenters. The third-order valence-corrected chi connectivity index (χ3v) is 4.29. The molecule has 0 bridgehead atoms. The van der Waals surface area contributed by atoms with Crippen LogP contribution in [0.4, 0.5) is 13.2 Å². The third kappa shape index (κ3) is 3.95. The number of hydrogen-bond acceptors (Lipinski definition) is 3. The maximum atomic E-state index is 13.2. The summed E-state index contributed by atoms with van der Waals surface area (Å²) in [5.41, 5.74) is -1.84. The van der Waals surface area contributed by atoms with E-state index < -0.39 is 36.4 Å². The van der Waals surface area contributed by atoms with Crippen LogP contribution in [0.3, 0.4) is 0 Å². The van der Waals surface area contributed by atoms with E-state index in [0.29, 0.717) is 6.61 Å². The van der Waals surface area contributed by atoms with Crippen molar-refractivity contribution in [2.75, 3.05) is 13.1 Å². The van der Waals surface area contributed by atoms with E-state index in [1.54, 1.807) is 12.1 Å². The van der Waals surface area contributed by atoms with Crippen LogP contribution in [0.15, 0.2) is 24.3 Å². The summed E-state index contributed by atoms with van der Waals surface area (Å²) in [6, 6.07) is 6.35. The van der Waals surface area contributed by atoms with Gasteiger partial charge in [-0.2, -0.15) is 13.2 Å². The molecular formula is C17H20F3NO4. The molecule has 1 fully saturated rings. The molecule has 1 aromatic carbocycles. The number of hydrogen-bond donors (Lipinski definition) is 1. The molecule has 1 heterocycles. The fraction of sp³-hybridized carbons (Fsp3) is 0.529. The van der Waals surface area contributed by atoms with Crippen molar-refractivity contribution in [1.82, 2.24) is 4.90 Å². The van der Waals surface area contributed by atoms with Gasteiger partial charge >= 0.3 is 12.1 Å².